The van der Waals surface area contributed by atoms with E-state index in [9.17, 15) is 4.55 Å². The summed E-state index contributed by atoms with van der Waals surface area (Å²) in [6, 6.07) is 0. The molecule has 1 unspecified atom stereocenters. The maximum absolute atomic E-state index is 12.2. The molecule has 3 fully saturated rings. The summed E-state index contributed by atoms with van der Waals surface area (Å²) in [7, 11) is 2.05. The number of hydrogen-bond donors (Lipinski definition) is 2. The molecule has 0 saturated heterocycles. The summed E-state index contributed by atoms with van der Waals surface area (Å²) in [4.78, 5) is 0. The van der Waals surface area contributed by atoms with Crippen molar-refractivity contribution in [2.45, 2.75) is 69.7 Å². The van der Waals surface area contributed by atoms with Gasteiger partial charge in [-0.3, -0.25) is 0 Å². The molecular weight excluding hydrogens is 232 g/mol. The maximum Gasteiger partial charge on any atom is 0.136 e. The van der Waals surface area contributed by atoms with Crippen LogP contribution in [0.1, 0.15) is 53.9 Å². The Labute approximate surface area is 108 Å². The van der Waals surface area contributed by atoms with Crippen molar-refractivity contribution in [3.63, 3.8) is 0 Å². The van der Waals surface area contributed by atoms with E-state index >= 15 is 0 Å². The molecule has 3 aliphatic carbocycles. The number of hydrogen-bond acceptors (Lipinski definition) is 3. The lowest BCUT2D eigenvalue weighted by atomic mass is 9.34. The normalized spacial score (nSPS) is 38.3. The van der Waals surface area contributed by atoms with Gasteiger partial charge in [0.25, 0.3) is 0 Å². The minimum Gasteiger partial charge on any atom is -0.598 e. The first kappa shape index (κ1) is 13.7. The van der Waals surface area contributed by atoms with Gasteiger partial charge >= 0.3 is 0 Å². The summed E-state index contributed by atoms with van der Waals surface area (Å²) >= 11 is -0.982. The topological polar surface area (TPSA) is 47.1 Å². The van der Waals surface area contributed by atoms with E-state index in [0.717, 1.165) is 0 Å². The van der Waals surface area contributed by atoms with Crippen molar-refractivity contribution >= 4 is 11.4 Å². The van der Waals surface area contributed by atoms with E-state index in [1.165, 1.54) is 19.3 Å². The predicted octanol–water partition coefficient (Wildman–Crippen LogP) is 1.96. The summed E-state index contributed by atoms with van der Waals surface area (Å²) in [5, 5.41) is 3.42. The molecule has 0 aliphatic heterocycles. The first-order valence-electron chi connectivity index (χ1n) is 6.45. The van der Waals surface area contributed by atoms with Crippen LogP contribution >= 0.6 is 0 Å². The van der Waals surface area contributed by atoms with Crippen molar-refractivity contribution in [3.05, 3.63) is 0 Å². The third-order valence-electron chi connectivity index (χ3n) is 4.79. The van der Waals surface area contributed by atoms with Gasteiger partial charge in [-0.05, 0) is 66.3 Å². The van der Waals surface area contributed by atoms with Crippen LogP contribution in [0.2, 0.25) is 0 Å². The summed E-state index contributed by atoms with van der Waals surface area (Å²) in [6.07, 6.45) is 3.66. The molecule has 100 valence electrons. The van der Waals surface area contributed by atoms with Crippen LogP contribution in [-0.4, -0.2) is 27.4 Å². The molecule has 2 N–H and O–H groups in total. The molecule has 3 nitrogen and oxygen atoms in total. The molecule has 0 aromatic rings. The Kier molecular flexibility index (Phi) is 2.91. The Morgan fingerprint density at radius 2 is 1.53 bits per heavy atom. The fraction of sp³-hybridized carbons (Fsp3) is 1.00. The van der Waals surface area contributed by atoms with Crippen molar-refractivity contribution in [2.75, 3.05) is 7.05 Å². The lowest BCUT2D eigenvalue weighted by Crippen LogP contribution is -2.81. The zero-order valence-corrected chi connectivity index (χ0v) is 12.8. The lowest BCUT2D eigenvalue weighted by Gasteiger charge is -2.75. The molecule has 3 saturated carbocycles. The molecule has 3 rings (SSSR count). The monoisotopic (exact) mass is 258 g/mol. The zero-order valence-electron chi connectivity index (χ0n) is 11.9. The molecule has 17 heavy (non-hydrogen) atoms. The van der Waals surface area contributed by atoms with Gasteiger partial charge in [0.1, 0.15) is 4.75 Å². The molecule has 1 atom stereocenters. The Hall–Kier alpha value is 0.230. The molecular formula is C13H26N2OS. The standard InChI is InChI=1S/C13H26N2OS/c1-10(2,3)17(16)15-11(4,5)12-7-13(8-12,9-12)14-6/h14-15H,7-9H2,1-6H3. The Morgan fingerprint density at radius 1 is 1.06 bits per heavy atom. The average molecular weight is 258 g/mol. The van der Waals surface area contributed by atoms with Crippen molar-refractivity contribution in [1.29, 1.82) is 0 Å². The van der Waals surface area contributed by atoms with Crippen molar-refractivity contribution in [3.8, 4) is 0 Å². The van der Waals surface area contributed by atoms with Crippen LogP contribution in [0.4, 0.5) is 0 Å². The van der Waals surface area contributed by atoms with Crippen LogP contribution in [0.25, 0.3) is 0 Å². The summed E-state index contributed by atoms with van der Waals surface area (Å²) in [6.45, 7) is 10.5. The second-order valence-electron chi connectivity index (χ2n) is 7.45. The van der Waals surface area contributed by atoms with Crippen LogP contribution in [0.5, 0.6) is 0 Å². The van der Waals surface area contributed by atoms with Gasteiger partial charge in [0.15, 0.2) is 0 Å². The molecule has 0 amide bonds. The highest BCUT2D eigenvalue weighted by molar-refractivity contribution is 7.90. The van der Waals surface area contributed by atoms with Crippen molar-refractivity contribution in [1.82, 2.24) is 10.0 Å². The number of rotatable bonds is 4. The minimum absolute atomic E-state index is 0.0380. The van der Waals surface area contributed by atoms with Crippen LogP contribution < -0.4 is 10.0 Å². The number of nitrogens with one attached hydrogen (secondary N) is 2. The fourth-order valence-electron chi connectivity index (χ4n) is 3.21. The SMILES string of the molecule is CNC12CC(C(C)(C)N[S+]([O-])C(C)(C)C)(C1)C2. The van der Waals surface area contributed by atoms with Gasteiger partial charge in [0, 0.05) is 16.9 Å². The molecule has 0 spiro atoms. The highest BCUT2D eigenvalue weighted by atomic mass is 32.2. The smallest absolute Gasteiger partial charge is 0.136 e. The summed E-state index contributed by atoms with van der Waals surface area (Å²) < 4.78 is 15.4. The third-order valence-corrected chi connectivity index (χ3v) is 6.60. The molecule has 0 aromatic carbocycles. The van der Waals surface area contributed by atoms with Crippen molar-refractivity contribution < 1.29 is 4.55 Å². The van der Waals surface area contributed by atoms with Gasteiger partial charge in [0.05, 0.1) is 5.54 Å². The van der Waals surface area contributed by atoms with Gasteiger partial charge < -0.3 is 9.87 Å². The first-order valence-corrected chi connectivity index (χ1v) is 7.60. The van der Waals surface area contributed by atoms with Gasteiger partial charge in [-0.25, -0.2) is 0 Å². The second kappa shape index (κ2) is 3.62. The highest BCUT2D eigenvalue weighted by Gasteiger charge is 2.73. The molecule has 0 aromatic heterocycles. The van der Waals surface area contributed by atoms with Crippen LogP contribution in [0.3, 0.4) is 0 Å². The van der Waals surface area contributed by atoms with Crippen molar-refractivity contribution in [2.24, 2.45) is 5.41 Å². The van der Waals surface area contributed by atoms with Crippen LogP contribution in [0, 0.1) is 5.41 Å². The zero-order chi connectivity index (χ0) is 13.1. The lowest BCUT2D eigenvalue weighted by molar-refractivity contribution is -0.193. The predicted molar refractivity (Wildman–Crippen MR) is 73.2 cm³/mol. The third kappa shape index (κ3) is 1.93. The Balaban J connectivity index is 1.98. The van der Waals surface area contributed by atoms with E-state index < -0.39 is 11.4 Å². The van der Waals surface area contributed by atoms with Crippen LogP contribution in [-0.2, 0) is 11.4 Å². The van der Waals surface area contributed by atoms with Gasteiger partial charge in [0.2, 0.25) is 0 Å². The van der Waals surface area contributed by atoms with Gasteiger partial charge in [-0.2, -0.15) is 0 Å². The minimum atomic E-state index is -0.982. The summed E-state index contributed by atoms with van der Waals surface area (Å²) in [5.41, 5.74) is 0.725. The van der Waals surface area contributed by atoms with E-state index in [1.807, 2.05) is 20.8 Å². The maximum atomic E-state index is 12.2. The highest BCUT2D eigenvalue weighted by Crippen LogP contribution is 2.71. The summed E-state index contributed by atoms with van der Waals surface area (Å²) in [5.74, 6) is 0. The fourth-order valence-corrected chi connectivity index (χ4v) is 4.20. The molecule has 4 heteroatoms. The van der Waals surface area contributed by atoms with E-state index in [0.29, 0.717) is 11.0 Å². The molecule has 0 radical (unpaired) electrons. The Morgan fingerprint density at radius 3 is 1.88 bits per heavy atom. The first-order chi connectivity index (χ1) is 7.56. The average Bonchev–Trinajstić information content (AvgIpc) is 1.95. The molecule has 3 aliphatic rings. The second-order valence-corrected chi connectivity index (χ2v) is 9.42. The van der Waals surface area contributed by atoms with E-state index in [4.69, 9.17) is 0 Å². The quantitative estimate of drug-likeness (QED) is 0.758. The van der Waals surface area contributed by atoms with E-state index in [1.54, 1.807) is 0 Å². The van der Waals surface area contributed by atoms with Crippen LogP contribution in [0.15, 0.2) is 0 Å². The van der Waals surface area contributed by atoms with Gasteiger partial charge in [-0.15, -0.1) is 4.72 Å². The Bertz CT molecular complexity index is 302. The van der Waals surface area contributed by atoms with Gasteiger partial charge in [-0.1, -0.05) is 0 Å². The van der Waals surface area contributed by atoms with E-state index in [2.05, 4.69) is 30.9 Å². The molecule has 2 bridgehead atoms. The van der Waals surface area contributed by atoms with E-state index in [-0.39, 0.29) is 10.3 Å². The molecule has 0 heterocycles. The largest absolute Gasteiger partial charge is 0.598 e.